The van der Waals surface area contributed by atoms with Crippen LogP contribution in [0.2, 0.25) is 0 Å². The Bertz CT molecular complexity index is 304. The molecule has 1 amide bonds. The lowest BCUT2D eigenvalue weighted by atomic mass is 10.3. The molecule has 15 heavy (non-hydrogen) atoms. The van der Waals surface area contributed by atoms with Crippen LogP contribution in [0.1, 0.15) is 6.92 Å². The highest BCUT2D eigenvalue weighted by molar-refractivity contribution is 7.85. The molecule has 7 nitrogen and oxygen atoms in total. The number of carbonyl (C=O) groups is 2. The maximum atomic E-state index is 10.3. The molecule has 1 atom stereocenters. The molecule has 0 saturated carbocycles. The van der Waals surface area contributed by atoms with Gasteiger partial charge in [-0.05, 0) is 0 Å². The molecule has 0 spiro atoms. The lowest BCUT2D eigenvalue weighted by Crippen LogP contribution is -2.40. The molecule has 0 bridgehead atoms. The van der Waals surface area contributed by atoms with Gasteiger partial charge >= 0.3 is 5.97 Å². The largest absolute Gasteiger partial charge is 0.480 e. The highest BCUT2D eigenvalue weighted by Gasteiger charge is 2.15. The summed E-state index contributed by atoms with van der Waals surface area (Å²) in [7, 11) is -3.67. The smallest absolute Gasteiger partial charge is 0.327 e. The highest BCUT2D eigenvalue weighted by Crippen LogP contribution is 1.86. The minimum absolute atomic E-state index is 0.106. The monoisotopic (exact) mass is 259 g/mol. The predicted molar refractivity (Wildman–Crippen MR) is 56.6 cm³/mol. The Hall–Kier alpha value is -0.800. The van der Waals surface area contributed by atoms with E-state index in [0.717, 1.165) is 0 Å². The second kappa shape index (κ2) is 7.49. The summed E-state index contributed by atoms with van der Waals surface area (Å²) in [6.07, 6.45) is 0.715. The van der Waals surface area contributed by atoms with Gasteiger partial charge in [0.1, 0.15) is 6.04 Å². The van der Waals surface area contributed by atoms with Crippen LogP contribution >= 0.6 is 12.6 Å². The molecule has 0 saturated heterocycles. The van der Waals surface area contributed by atoms with Crippen molar-refractivity contribution in [2.24, 2.45) is 0 Å². The summed E-state index contributed by atoms with van der Waals surface area (Å²) in [5, 5.41) is 10.6. The predicted octanol–water partition coefficient (Wildman–Crippen LogP) is -0.990. The normalized spacial score (nSPS) is 12.0. The summed E-state index contributed by atoms with van der Waals surface area (Å²) in [4.78, 5) is 20.5. The van der Waals surface area contributed by atoms with Crippen molar-refractivity contribution >= 4 is 34.6 Å². The number of rotatable bonds is 3. The number of hydrogen-bond donors (Lipinski definition) is 4. The second-order valence-electron chi connectivity index (χ2n) is 2.51. The molecule has 0 aromatic heterocycles. The second-order valence-corrected chi connectivity index (χ2v) is 4.34. The fourth-order valence-corrected chi connectivity index (χ4v) is 0.678. The van der Waals surface area contributed by atoms with Crippen LogP contribution in [0, 0.1) is 0 Å². The van der Waals surface area contributed by atoms with Gasteiger partial charge < -0.3 is 10.4 Å². The van der Waals surface area contributed by atoms with Crippen molar-refractivity contribution in [2.75, 3.05) is 12.0 Å². The van der Waals surface area contributed by atoms with Crippen molar-refractivity contribution in [1.82, 2.24) is 5.32 Å². The first-order chi connectivity index (χ1) is 6.57. The van der Waals surface area contributed by atoms with Crippen molar-refractivity contribution in [3.8, 4) is 0 Å². The van der Waals surface area contributed by atoms with E-state index in [4.69, 9.17) is 9.66 Å². The number of aliphatic carboxylic acids is 1. The van der Waals surface area contributed by atoms with Crippen LogP contribution in [-0.2, 0) is 19.7 Å². The van der Waals surface area contributed by atoms with Crippen LogP contribution in [-0.4, -0.2) is 48.0 Å². The summed E-state index contributed by atoms with van der Waals surface area (Å²) in [6, 6.07) is -0.874. The first-order valence-corrected chi connectivity index (χ1v) is 6.09. The van der Waals surface area contributed by atoms with Crippen molar-refractivity contribution in [3.63, 3.8) is 0 Å². The molecule has 3 N–H and O–H groups in total. The molecule has 1 unspecified atom stereocenters. The van der Waals surface area contributed by atoms with Crippen molar-refractivity contribution in [1.29, 1.82) is 0 Å². The molecule has 0 aromatic rings. The Morgan fingerprint density at radius 1 is 1.47 bits per heavy atom. The fraction of sp³-hybridized carbons (Fsp3) is 0.667. The quantitative estimate of drug-likeness (QED) is 0.381. The lowest BCUT2D eigenvalue weighted by molar-refractivity contribution is -0.140. The number of amides is 1. The third-order valence-corrected chi connectivity index (χ3v) is 1.22. The van der Waals surface area contributed by atoms with Crippen molar-refractivity contribution in [2.45, 2.75) is 13.0 Å². The molecular formula is C6H13NO6S2. The van der Waals surface area contributed by atoms with Gasteiger partial charge in [-0.25, -0.2) is 4.79 Å². The van der Waals surface area contributed by atoms with Crippen LogP contribution in [0.3, 0.4) is 0 Å². The molecule has 0 aromatic carbocycles. The molecular weight excluding hydrogens is 246 g/mol. The highest BCUT2D eigenvalue weighted by atomic mass is 32.2. The van der Waals surface area contributed by atoms with Gasteiger partial charge in [0.15, 0.2) is 0 Å². The number of nitrogens with one attached hydrogen (secondary N) is 1. The van der Waals surface area contributed by atoms with E-state index in [9.17, 15) is 18.0 Å². The number of carboxylic acids is 1. The number of thiol groups is 1. The van der Waals surface area contributed by atoms with Gasteiger partial charge in [0.25, 0.3) is 10.1 Å². The summed E-state index contributed by atoms with van der Waals surface area (Å²) in [5.74, 6) is -1.32. The molecule has 90 valence electrons. The van der Waals surface area contributed by atoms with E-state index in [1.165, 1.54) is 6.92 Å². The van der Waals surface area contributed by atoms with Crippen molar-refractivity contribution < 1.29 is 27.7 Å². The molecule has 0 aliphatic rings. The van der Waals surface area contributed by atoms with E-state index in [1.54, 1.807) is 0 Å². The van der Waals surface area contributed by atoms with E-state index in [-0.39, 0.29) is 11.7 Å². The third kappa shape index (κ3) is 19.6. The Kier molecular flexibility index (Phi) is 8.30. The fourth-order valence-electron chi connectivity index (χ4n) is 0.431. The van der Waals surface area contributed by atoms with Gasteiger partial charge in [0, 0.05) is 12.7 Å². The summed E-state index contributed by atoms with van der Waals surface area (Å²) < 4.78 is 25.9. The molecule has 0 radical (unpaired) electrons. The zero-order chi connectivity index (χ0) is 12.6. The maximum Gasteiger partial charge on any atom is 0.327 e. The van der Waals surface area contributed by atoms with Crippen LogP contribution in [0.5, 0.6) is 0 Å². The summed E-state index contributed by atoms with van der Waals surface area (Å²) in [6.45, 7) is 1.26. The lowest BCUT2D eigenvalue weighted by Gasteiger charge is -2.08. The first-order valence-electron chi connectivity index (χ1n) is 3.61. The molecule has 0 aliphatic carbocycles. The average molecular weight is 259 g/mol. The number of hydrogen-bond acceptors (Lipinski definition) is 5. The number of carbonyl (C=O) groups excluding carboxylic acids is 1. The Balaban J connectivity index is 0. The maximum absolute atomic E-state index is 10.3. The van der Waals surface area contributed by atoms with Crippen LogP contribution in [0.15, 0.2) is 0 Å². The molecule has 0 rings (SSSR count). The SMILES string of the molecule is CC(=O)NC(CS)C(=O)O.CS(=O)(=O)O. The zero-order valence-corrected chi connectivity index (χ0v) is 9.88. The van der Waals surface area contributed by atoms with E-state index in [1.807, 2.05) is 0 Å². The average Bonchev–Trinajstić information content (AvgIpc) is 1.95. The molecule has 9 heteroatoms. The number of carboxylic acid groups (broad SMARTS) is 1. The molecule has 0 heterocycles. The van der Waals surface area contributed by atoms with Crippen LogP contribution < -0.4 is 5.32 Å². The van der Waals surface area contributed by atoms with Gasteiger partial charge in [-0.1, -0.05) is 0 Å². The Morgan fingerprint density at radius 2 is 1.80 bits per heavy atom. The van der Waals surface area contributed by atoms with E-state index in [0.29, 0.717) is 6.26 Å². The minimum atomic E-state index is -3.67. The molecule has 0 aliphatic heterocycles. The van der Waals surface area contributed by atoms with E-state index >= 15 is 0 Å². The van der Waals surface area contributed by atoms with Crippen molar-refractivity contribution in [3.05, 3.63) is 0 Å². The van der Waals surface area contributed by atoms with Gasteiger partial charge in [0.2, 0.25) is 5.91 Å². The van der Waals surface area contributed by atoms with Gasteiger partial charge in [-0.2, -0.15) is 21.0 Å². The van der Waals surface area contributed by atoms with E-state index < -0.39 is 22.1 Å². The van der Waals surface area contributed by atoms with Gasteiger partial charge in [-0.15, -0.1) is 0 Å². The standard InChI is InChI=1S/C5H9NO3S.CH4O3S/c1-3(7)6-4(2-10)5(8)9;1-5(2,3)4/h4,10H,2H2,1H3,(H,6,7)(H,8,9);1H3,(H,2,3,4). The first kappa shape index (κ1) is 16.6. The van der Waals surface area contributed by atoms with E-state index in [2.05, 4.69) is 17.9 Å². The van der Waals surface area contributed by atoms with Gasteiger partial charge in [0.05, 0.1) is 6.26 Å². The summed E-state index contributed by atoms with van der Waals surface area (Å²) in [5.41, 5.74) is 0. The van der Waals surface area contributed by atoms with Crippen LogP contribution in [0.25, 0.3) is 0 Å². The van der Waals surface area contributed by atoms with Crippen LogP contribution in [0.4, 0.5) is 0 Å². The Labute approximate surface area is 93.0 Å². The minimum Gasteiger partial charge on any atom is -0.480 e. The third-order valence-electron chi connectivity index (χ3n) is 0.858. The summed E-state index contributed by atoms with van der Waals surface area (Å²) >= 11 is 3.73. The topological polar surface area (TPSA) is 121 Å². The molecule has 0 fully saturated rings. The Morgan fingerprint density at radius 3 is 1.87 bits per heavy atom. The zero-order valence-electron chi connectivity index (χ0n) is 8.17. The van der Waals surface area contributed by atoms with Gasteiger partial charge in [-0.3, -0.25) is 9.35 Å².